The molecule has 1 nitrogen and oxygen atoms in total. The molecule has 1 N–H and O–H groups in total. The summed E-state index contributed by atoms with van der Waals surface area (Å²) in [6.07, 6.45) is 10.0. The summed E-state index contributed by atoms with van der Waals surface area (Å²) in [5.74, 6) is 0.995. The van der Waals surface area contributed by atoms with Gasteiger partial charge >= 0.3 is 0 Å². The molecule has 0 spiro atoms. The molecule has 1 aliphatic carbocycles. The molecular formula is C16H27NS. The molecule has 18 heavy (non-hydrogen) atoms. The van der Waals surface area contributed by atoms with Gasteiger partial charge in [0.15, 0.2) is 0 Å². The third kappa shape index (κ3) is 3.58. The lowest BCUT2D eigenvalue weighted by atomic mass is 9.84. The minimum absolute atomic E-state index is 0.567. The van der Waals surface area contributed by atoms with Gasteiger partial charge in [-0.2, -0.15) is 0 Å². The Morgan fingerprint density at radius 3 is 2.56 bits per heavy atom. The van der Waals surface area contributed by atoms with E-state index >= 15 is 0 Å². The first-order chi connectivity index (χ1) is 8.70. The van der Waals surface area contributed by atoms with Crippen LogP contribution in [-0.4, -0.2) is 7.05 Å². The second-order valence-corrected chi connectivity index (χ2v) is 7.25. The van der Waals surface area contributed by atoms with Crippen LogP contribution in [0, 0.1) is 19.8 Å². The minimum atomic E-state index is 0.567. The van der Waals surface area contributed by atoms with Crippen molar-refractivity contribution >= 4 is 11.3 Å². The Labute approximate surface area is 116 Å². The Hall–Kier alpha value is -0.340. The molecule has 1 aromatic rings. The molecule has 2 rings (SSSR count). The Morgan fingerprint density at radius 1 is 1.28 bits per heavy atom. The molecule has 2 heteroatoms. The monoisotopic (exact) mass is 265 g/mol. The summed E-state index contributed by atoms with van der Waals surface area (Å²) >= 11 is 1.93. The molecule has 0 bridgehead atoms. The van der Waals surface area contributed by atoms with Gasteiger partial charge in [0.2, 0.25) is 0 Å². The highest BCUT2D eigenvalue weighted by Crippen LogP contribution is 2.33. The first-order valence-electron chi connectivity index (χ1n) is 7.45. The maximum absolute atomic E-state index is 3.52. The molecular weight excluding hydrogens is 238 g/mol. The second kappa shape index (κ2) is 6.72. The quantitative estimate of drug-likeness (QED) is 0.791. The number of hydrogen-bond acceptors (Lipinski definition) is 2. The number of thiophene rings is 1. The Kier molecular flexibility index (Phi) is 5.25. The predicted octanol–water partition coefficient (Wildman–Crippen LogP) is 4.99. The number of hydrogen-bond donors (Lipinski definition) is 1. The van der Waals surface area contributed by atoms with Gasteiger partial charge in [0.25, 0.3) is 0 Å². The van der Waals surface area contributed by atoms with Crippen molar-refractivity contribution in [1.82, 2.24) is 5.32 Å². The summed E-state index contributed by atoms with van der Waals surface area (Å²) in [5.41, 5.74) is 1.54. The van der Waals surface area contributed by atoms with Gasteiger partial charge in [0, 0.05) is 15.8 Å². The fraction of sp³-hybridized carbons (Fsp3) is 0.750. The number of nitrogens with one attached hydrogen (secondary N) is 1. The predicted molar refractivity (Wildman–Crippen MR) is 81.4 cm³/mol. The first-order valence-corrected chi connectivity index (χ1v) is 8.26. The lowest BCUT2D eigenvalue weighted by Gasteiger charge is -2.24. The summed E-state index contributed by atoms with van der Waals surface area (Å²) in [6, 6.07) is 2.94. The third-order valence-electron chi connectivity index (χ3n) is 4.39. The van der Waals surface area contributed by atoms with Crippen LogP contribution in [0.15, 0.2) is 6.07 Å². The van der Waals surface area contributed by atoms with Gasteiger partial charge in [-0.1, -0.05) is 32.1 Å². The highest BCUT2D eigenvalue weighted by Gasteiger charge is 2.18. The average molecular weight is 265 g/mol. The summed E-state index contributed by atoms with van der Waals surface area (Å²) < 4.78 is 0. The Morgan fingerprint density at radius 2 is 2.00 bits per heavy atom. The largest absolute Gasteiger partial charge is 0.313 e. The third-order valence-corrected chi connectivity index (χ3v) is 5.37. The van der Waals surface area contributed by atoms with Crippen LogP contribution >= 0.6 is 11.3 Å². The van der Waals surface area contributed by atoms with Crippen molar-refractivity contribution in [1.29, 1.82) is 0 Å². The lowest BCUT2D eigenvalue weighted by molar-refractivity contribution is 0.317. The minimum Gasteiger partial charge on any atom is -0.313 e. The van der Waals surface area contributed by atoms with Crippen LogP contribution in [0.1, 0.15) is 66.3 Å². The standard InChI is InChI=1S/C16H27NS/c1-12-11-15(13(2)18-12)16(17-3)10-9-14-7-5-4-6-8-14/h11,14,16-17H,4-10H2,1-3H3. The number of aryl methyl sites for hydroxylation is 2. The molecule has 0 saturated heterocycles. The molecule has 1 unspecified atom stereocenters. The highest BCUT2D eigenvalue weighted by molar-refractivity contribution is 7.12. The van der Waals surface area contributed by atoms with Gasteiger partial charge in [-0.3, -0.25) is 0 Å². The van der Waals surface area contributed by atoms with Crippen molar-refractivity contribution in [2.75, 3.05) is 7.05 Å². The van der Waals surface area contributed by atoms with Gasteiger partial charge in [-0.15, -0.1) is 11.3 Å². The topological polar surface area (TPSA) is 12.0 Å². The van der Waals surface area contributed by atoms with Crippen LogP contribution in [0.3, 0.4) is 0 Å². The Balaban J connectivity index is 1.90. The van der Waals surface area contributed by atoms with E-state index in [1.54, 1.807) is 0 Å². The van der Waals surface area contributed by atoms with Gasteiger partial charge in [0.1, 0.15) is 0 Å². The van der Waals surface area contributed by atoms with Crippen LogP contribution < -0.4 is 5.32 Å². The van der Waals surface area contributed by atoms with Crippen LogP contribution in [0.25, 0.3) is 0 Å². The van der Waals surface area contributed by atoms with Crippen molar-refractivity contribution in [3.8, 4) is 0 Å². The van der Waals surface area contributed by atoms with Crippen molar-refractivity contribution in [2.24, 2.45) is 5.92 Å². The molecule has 1 aliphatic rings. The van der Waals surface area contributed by atoms with Crippen LogP contribution in [0.5, 0.6) is 0 Å². The molecule has 0 aliphatic heterocycles. The molecule has 1 atom stereocenters. The smallest absolute Gasteiger partial charge is 0.0328 e. The van der Waals surface area contributed by atoms with E-state index in [2.05, 4.69) is 32.3 Å². The van der Waals surface area contributed by atoms with E-state index in [1.807, 2.05) is 11.3 Å². The van der Waals surface area contributed by atoms with E-state index in [0.29, 0.717) is 6.04 Å². The zero-order chi connectivity index (χ0) is 13.0. The normalized spacial score (nSPS) is 19.1. The van der Waals surface area contributed by atoms with Crippen molar-refractivity contribution < 1.29 is 0 Å². The van der Waals surface area contributed by atoms with Crippen molar-refractivity contribution in [3.05, 3.63) is 21.4 Å². The zero-order valence-electron chi connectivity index (χ0n) is 12.1. The van der Waals surface area contributed by atoms with E-state index < -0.39 is 0 Å². The van der Waals surface area contributed by atoms with E-state index in [0.717, 1.165) is 5.92 Å². The maximum Gasteiger partial charge on any atom is 0.0328 e. The summed E-state index contributed by atoms with van der Waals surface area (Å²) in [7, 11) is 2.11. The van der Waals surface area contributed by atoms with Gasteiger partial charge in [-0.25, -0.2) is 0 Å². The first kappa shape index (κ1) is 14.1. The van der Waals surface area contributed by atoms with E-state index in [9.17, 15) is 0 Å². The molecule has 1 saturated carbocycles. The fourth-order valence-electron chi connectivity index (χ4n) is 3.33. The fourth-order valence-corrected chi connectivity index (χ4v) is 4.32. The lowest BCUT2D eigenvalue weighted by Crippen LogP contribution is -2.18. The van der Waals surface area contributed by atoms with Crippen molar-refractivity contribution in [3.63, 3.8) is 0 Å². The molecule has 102 valence electrons. The molecule has 0 radical (unpaired) electrons. The molecule has 0 aromatic carbocycles. The van der Waals surface area contributed by atoms with Gasteiger partial charge in [0.05, 0.1) is 0 Å². The number of rotatable bonds is 5. The summed E-state index contributed by atoms with van der Waals surface area (Å²) in [5, 5.41) is 3.52. The van der Waals surface area contributed by atoms with Crippen molar-refractivity contribution in [2.45, 2.75) is 64.8 Å². The van der Waals surface area contributed by atoms with Gasteiger partial charge in [-0.05, 0) is 51.3 Å². The van der Waals surface area contributed by atoms with Crippen LogP contribution in [0.4, 0.5) is 0 Å². The van der Waals surface area contributed by atoms with E-state index in [4.69, 9.17) is 0 Å². The maximum atomic E-state index is 3.52. The van der Waals surface area contributed by atoms with Gasteiger partial charge < -0.3 is 5.32 Å². The average Bonchev–Trinajstić information content (AvgIpc) is 2.71. The van der Waals surface area contributed by atoms with Crippen LogP contribution in [0.2, 0.25) is 0 Å². The second-order valence-electron chi connectivity index (χ2n) is 5.79. The van der Waals surface area contributed by atoms with E-state index in [-0.39, 0.29) is 0 Å². The van der Waals surface area contributed by atoms with E-state index in [1.165, 1.54) is 60.3 Å². The summed E-state index contributed by atoms with van der Waals surface area (Å²) in [6.45, 7) is 4.48. The molecule has 1 heterocycles. The summed E-state index contributed by atoms with van der Waals surface area (Å²) in [4.78, 5) is 2.94. The molecule has 1 aromatic heterocycles. The zero-order valence-corrected chi connectivity index (χ0v) is 12.9. The highest BCUT2D eigenvalue weighted by atomic mass is 32.1. The Bertz CT molecular complexity index is 363. The molecule has 0 amide bonds. The SMILES string of the molecule is CNC(CCC1CCCCC1)c1cc(C)sc1C. The van der Waals surface area contributed by atoms with Crippen LogP contribution in [-0.2, 0) is 0 Å². The molecule has 1 fully saturated rings.